The number of hydrogen-bond acceptors (Lipinski definition) is 3. The first-order valence-corrected chi connectivity index (χ1v) is 7.62. The highest BCUT2D eigenvalue weighted by Gasteiger charge is 2.24. The normalized spacial score (nSPS) is 23.4. The summed E-state index contributed by atoms with van der Waals surface area (Å²) in [4.78, 5) is 12.3. The molecule has 0 spiro atoms. The SMILES string of the molecule is CC1CC(C(=O)Nc2ccc3sccc3c2)CCN1. The molecule has 1 amide bonds. The summed E-state index contributed by atoms with van der Waals surface area (Å²) < 4.78 is 1.26. The Kier molecular flexibility index (Phi) is 3.53. The Hall–Kier alpha value is -1.39. The van der Waals surface area contributed by atoms with E-state index in [1.165, 1.54) is 10.1 Å². The number of carbonyl (C=O) groups excluding carboxylic acids is 1. The van der Waals surface area contributed by atoms with Gasteiger partial charge in [-0.25, -0.2) is 0 Å². The molecule has 2 N–H and O–H groups in total. The van der Waals surface area contributed by atoms with Gasteiger partial charge < -0.3 is 10.6 Å². The fourth-order valence-electron chi connectivity index (χ4n) is 2.66. The summed E-state index contributed by atoms with van der Waals surface area (Å²) >= 11 is 1.72. The molecule has 1 aromatic heterocycles. The Morgan fingerprint density at radius 1 is 1.42 bits per heavy atom. The molecular weight excluding hydrogens is 256 g/mol. The van der Waals surface area contributed by atoms with Gasteiger partial charge in [-0.15, -0.1) is 11.3 Å². The standard InChI is InChI=1S/C15H18N2OS/c1-10-8-12(4-6-16-10)15(18)17-13-2-3-14-11(9-13)5-7-19-14/h2-3,5,7,9-10,12,16H,4,6,8H2,1H3,(H,17,18). The fourth-order valence-corrected chi connectivity index (χ4v) is 3.43. The van der Waals surface area contributed by atoms with Crippen molar-refractivity contribution in [3.05, 3.63) is 29.6 Å². The van der Waals surface area contributed by atoms with Gasteiger partial charge in [0.25, 0.3) is 0 Å². The summed E-state index contributed by atoms with van der Waals surface area (Å²) in [7, 11) is 0. The Bertz CT molecular complexity index is 593. The third-order valence-corrected chi connectivity index (χ3v) is 4.61. The van der Waals surface area contributed by atoms with E-state index in [-0.39, 0.29) is 11.8 Å². The van der Waals surface area contributed by atoms with Crippen LogP contribution in [0.25, 0.3) is 10.1 Å². The zero-order valence-electron chi connectivity index (χ0n) is 11.0. The molecule has 0 aliphatic carbocycles. The zero-order chi connectivity index (χ0) is 13.2. The van der Waals surface area contributed by atoms with Crippen molar-refractivity contribution in [1.29, 1.82) is 0 Å². The van der Waals surface area contributed by atoms with E-state index in [1.807, 2.05) is 12.1 Å². The van der Waals surface area contributed by atoms with Crippen LogP contribution in [0, 0.1) is 5.92 Å². The molecule has 2 heterocycles. The highest BCUT2D eigenvalue weighted by Crippen LogP contribution is 2.25. The van der Waals surface area contributed by atoms with E-state index in [4.69, 9.17) is 0 Å². The molecule has 1 fully saturated rings. The summed E-state index contributed by atoms with van der Waals surface area (Å²) in [6.45, 7) is 3.07. The Morgan fingerprint density at radius 3 is 3.16 bits per heavy atom. The van der Waals surface area contributed by atoms with Gasteiger partial charge in [0.2, 0.25) is 5.91 Å². The van der Waals surface area contributed by atoms with Gasteiger partial charge in [0.05, 0.1) is 0 Å². The monoisotopic (exact) mass is 274 g/mol. The second-order valence-electron chi connectivity index (χ2n) is 5.24. The lowest BCUT2D eigenvalue weighted by atomic mass is 9.92. The molecule has 4 heteroatoms. The van der Waals surface area contributed by atoms with Gasteiger partial charge in [0, 0.05) is 22.3 Å². The lowest BCUT2D eigenvalue weighted by Crippen LogP contribution is -2.40. The Morgan fingerprint density at radius 2 is 2.32 bits per heavy atom. The van der Waals surface area contributed by atoms with E-state index in [2.05, 4.69) is 35.1 Å². The van der Waals surface area contributed by atoms with Crippen molar-refractivity contribution in [3.63, 3.8) is 0 Å². The molecule has 19 heavy (non-hydrogen) atoms. The second kappa shape index (κ2) is 5.31. The highest BCUT2D eigenvalue weighted by atomic mass is 32.1. The first-order valence-electron chi connectivity index (χ1n) is 6.74. The maximum absolute atomic E-state index is 12.3. The maximum Gasteiger partial charge on any atom is 0.227 e. The van der Waals surface area contributed by atoms with Gasteiger partial charge in [-0.3, -0.25) is 4.79 Å². The molecule has 0 radical (unpaired) electrons. The van der Waals surface area contributed by atoms with Crippen LogP contribution in [-0.4, -0.2) is 18.5 Å². The van der Waals surface area contributed by atoms with Gasteiger partial charge in [-0.2, -0.15) is 0 Å². The molecular formula is C15H18N2OS. The molecule has 2 unspecified atom stereocenters. The molecule has 1 aromatic carbocycles. The molecule has 1 aliphatic heterocycles. The fraction of sp³-hybridized carbons (Fsp3) is 0.400. The number of thiophene rings is 1. The number of hydrogen-bond donors (Lipinski definition) is 2. The molecule has 1 saturated heterocycles. The third kappa shape index (κ3) is 2.80. The number of fused-ring (bicyclic) bond motifs is 1. The minimum atomic E-state index is 0.134. The minimum Gasteiger partial charge on any atom is -0.326 e. The van der Waals surface area contributed by atoms with Crippen molar-refractivity contribution < 1.29 is 4.79 Å². The summed E-state index contributed by atoms with van der Waals surface area (Å²) in [6.07, 6.45) is 1.85. The highest BCUT2D eigenvalue weighted by molar-refractivity contribution is 7.17. The molecule has 0 bridgehead atoms. The molecule has 0 saturated carbocycles. The predicted octanol–water partition coefficient (Wildman–Crippen LogP) is 3.23. The number of anilines is 1. The van der Waals surface area contributed by atoms with Gasteiger partial charge in [-0.05, 0) is 61.3 Å². The quantitative estimate of drug-likeness (QED) is 0.882. The summed E-state index contributed by atoms with van der Waals surface area (Å²) in [5, 5.41) is 9.69. The van der Waals surface area contributed by atoms with Crippen LogP contribution in [0.15, 0.2) is 29.6 Å². The van der Waals surface area contributed by atoms with Crippen LogP contribution >= 0.6 is 11.3 Å². The van der Waals surface area contributed by atoms with E-state index in [9.17, 15) is 4.79 Å². The smallest absolute Gasteiger partial charge is 0.227 e. The van der Waals surface area contributed by atoms with Crippen LogP contribution in [0.1, 0.15) is 19.8 Å². The van der Waals surface area contributed by atoms with Crippen molar-refractivity contribution in [2.45, 2.75) is 25.8 Å². The van der Waals surface area contributed by atoms with Gasteiger partial charge in [0.15, 0.2) is 0 Å². The van der Waals surface area contributed by atoms with Crippen LogP contribution in [0.3, 0.4) is 0 Å². The number of amides is 1. The van der Waals surface area contributed by atoms with E-state index < -0.39 is 0 Å². The molecule has 3 nitrogen and oxygen atoms in total. The van der Waals surface area contributed by atoms with Crippen molar-refractivity contribution in [3.8, 4) is 0 Å². The van der Waals surface area contributed by atoms with Gasteiger partial charge >= 0.3 is 0 Å². The summed E-state index contributed by atoms with van der Waals surface area (Å²) in [5.74, 6) is 0.289. The molecule has 1 aliphatic rings. The number of rotatable bonds is 2. The largest absolute Gasteiger partial charge is 0.326 e. The average Bonchev–Trinajstić information content (AvgIpc) is 2.86. The van der Waals surface area contributed by atoms with E-state index >= 15 is 0 Å². The van der Waals surface area contributed by atoms with E-state index in [0.717, 1.165) is 25.1 Å². The maximum atomic E-state index is 12.3. The van der Waals surface area contributed by atoms with Crippen LogP contribution in [-0.2, 0) is 4.79 Å². The van der Waals surface area contributed by atoms with Crippen molar-refractivity contribution in [2.75, 3.05) is 11.9 Å². The molecule has 2 aromatic rings. The predicted molar refractivity (Wildman–Crippen MR) is 80.6 cm³/mol. The summed E-state index contributed by atoms with van der Waals surface area (Å²) in [5.41, 5.74) is 0.905. The lowest BCUT2D eigenvalue weighted by molar-refractivity contribution is -0.120. The minimum absolute atomic E-state index is 0.134. The van der Waals surface area contributed by atoms with Gasteiger partial charge in [-0.1, -0.05) is 0 Å². The number of nitrogens with one attached hydrogen (secondary N) is 2. The zero-order valence-corrected chi connectivity index (χ0v) is 11.8. The lowest BCUT2D eigenvalue weighted by Gasteiger charge is -2.27. The second-order valence-corrected chi connectivity index (χ2v) is 6.19. The average molecular weight is 274 g/mol. The van der Waals surface area contributed by atoms with Crippen LogP contribution < -0.4 is 10.6 Å². The van der Waals surface area contributed by atoms with Gasteiger partial charge in [0.1, 0.15) is 0 Å². The summed E-state index contributed by atoms with van der Waals surface area (Å²) in [6, 6.07) is 8.63. The molecule has 100 valence electrons. The van der Waals surface area contributed by atoms with Crippen molar-refractivity contribution in [2.24, 2.45) is 5.92 Å². The van der Waals surface area contributed by atoms with Crippen molar-refractivity contribution >= 4 is 33.0 Å². The first kappa shape index (κ1) is 12.6. The topological polar surface area (TPSA) is 41.1 Å². The number of piperidine rings is 1. The van der Waals surface area contributed by atoms with Crippen LogP contribution in [0.2, 0.25) is 0 Å². The number of carbonyl (C=O) groups is 1. The van der Waals surface area contributed by atoms with Crippen molar-refractivity contribution in [1.82, 2.24) is 5.32 Å². The van der Waals surface area contributed by atoms with Crippen LogP contribution in [0.4, 0.5) is 5.69 Å². The van der Waals surface area contributed by atoms with E-state index in [1.54, 1.807) is 11.3 Å². The molecule has 2 atom stereocenters. The third-order valence-electron chi connectivity index (χ3n) is 3.71. The van der Waals surface area contributed by atoms with E-state index in [0.29, 0.717) is 6.04 Å². The van der Waals surface area contributed by atoms with Crippen LogP contribution in [0.5, 0.6) is 0 Å². The molecule has 3 rings (SSSR count). The number of benzene rings is 1. The first-order chi connectivity index (χ1) is 9.22. The Balaban J connectivity index is 1.71. The Labute approximate surface area is 117 Å².